The van der Waals surface area contributed by atoms with Gasteiger partial charge in [0.2, 0.25) is 5.91 Å². The van der Waals surface area contributed by atoms with Crippen LogP contribution in [-0.2, 0) is 22.5 Å². The Balaban J connectivity index is 1.48. The lowest BCUT2D eigenvalue weighted by Gasteiger charge is -2.21. The summed E-state index contributed by atoms with van der Waals surface area (Å²) in [6.07, 6.45) is 4.92. The molecule has 4 rings (SSSR count). The summed E-state index contributed by atoms with van der Waals surface area (Å²) in [6, 6.07) is 17.5. The van der Waals surface area contributed by atoms with E-state index in [0.29, 0.717) is 18.7 Å². The Morgan fingerprint density at radius 2 is 1.80 bits per heavy atom. The van der Waals surface area contributed by atoms with E-state index in [0.717, 1.165) is 37.0 Å². The van der Waals surface area contributed by atoms with Crippen LogP contribution in [0, 0.1) is 0 Å². The lowest BCUT2D eigenvalue weighted by molar-refractivity contribution is -0.120. The fourth-order valence-corrected chi connectivity index (χ4v) is 5.65. The van der Waals surface area contributed by atoms with Crippen molar-refractivity contribution in [3.05, 3.63) is 84.3 Å². The van der Waals surface area contributed by atoms with Gasteiger partial charge >= 0.3 is 6.09 Å². The normalized spacial score (nSPS) is 11.4. The van der Waals surface area contributed by atoms with Crippen LogP contribution >= 0.6 is 23.3 Å². The SMILES string of the molecule is CC(C)OC(=O)Nc1ccc(-c2ncc(-c3ccc(CNC(=O)Cc4cccnc4)cc3SNC(C)(C)C)s2)cc1. The van der Waals surface area contributed by atoms with Crippen molar-refractivity contribution in [3.63, 3.8) is 0 Å². The van der Waals surface area contributed by atoms with Gasteiger partial charge in [-0.2, -0.15) is 0 Å². The highest BCUT2D eigenvalue weighted by Gasteiger charge is 2.16. The smallest absolute Gasteiger partial charge is 0.411 e. The molecule has 0 radical (unpaired) electrons. The number of pyridine rings is 1. The van der Waals surface area contributed by atoms with E-state index in [1.54, 1.807) is 35.7 Å². The van der Waals surface area contributed by atoms with Gasteiger partial charge in [0, 0.05) is 52.4 Å². The zero-order valence-corrected chi connectivity index (χ0v) is 25.5. The molecule has 0 unspecified atom stereocenters. The molecule has 0 spiro atoms. The van der Waals surface area contributed by atoms with Crippen molar-refractivity contribution in [2.24, 2.45) is 0 Å². The average molecular weight is 590 g/mol. The van der Waals surface area contributed by atoms with Gasteiger partial charge < -0.3 is 10.1 Å². The van der Waals surface area contributed by atoms with Crippen LogP contribution in [0.5, 0.6) is 0 Å². The summed E-state index contributed by atoms with van der Waals surface area (Å²) in [5.41, 5.74) is 4.48. The van der Waals surface area contributed by atoms with Crippen LogP contribution in [-0.4, -0.2) is 33.6 Å². The summed E-state index contributed by atoms with van der Waals surface area (Å²) < 4.78 is 8.65. The number of carbonyl (C=O) groups excluding carboxylic acids is 2. The second kappa shape index (κ2) is 13.8. The van der Waals surface area contributed by atoms with Gasteiger partial charge in [-0.3, -0.25) is 19.8 Å². The lowest BCUT2D eigenvalue weighted by Crippen LogP contribution is -2.29. The Morgan fingerprint density at radius 3 is 2.49 bits per heavy atom. The third-order valence-corrected chi connectivity index (χ3v) is 7.93. The third-order valence-electron chi connectivity index (χ3n) is 5.58. The first kappa shape index (κ1) is 30.2. The van der Waals surface area contributed by atoms with Gasteiger partial charge in [-0.15, -0.1) is 11.3 Å². The van der Waals surface area contributed by atoms with Gasteiger partial charge in [-0.1, -0.05) is 18.2 Å². The first-order valence-electron chi connectivity index (χ1n) is 13.3. The number of hydrogen-bond donors (Lipinski definition) is 3. The molecule has 2 heterocycles. The number of rotatable bonds is 10. The molecule has 2 aromatic carbocycles. The molecule has 2 aromatic heterocycles. The van der Waals surface area contributed by atoms with Crippen molar-refractivity contribution >= 4 is 41.0 Å². The highest BCUT2D eigenvalue weighted by atomic mass is 32.2. The number of benzene rings is 2. The van der Waals surface area contributed by atoms with Crippen molar-refractivity contribution in [2.45, 2.75) is 64.1 Å². The molecule has 0 bridgehead atoms. The Morgan fingerprint density at radius 1 is 1.02 bits per heavy atom. The van der Waals surface area contributed by atoms with Gasteiger partial charge in [0.15, 0.2) is 0 Å². The summed E-state index contributed by atoms with van der Waals surface area (Å²) in [7, 11) is 0. The third kappa shape index (κ3) is 9.41. The summed E-state index contributed by atoms with van der Waals surface area (Å²) in [5.74, 6) is -0.0470. The van der Waals surface area contributed by atoms with Crippen LogP contribution < -0.4 is 15.4 Å². The van der Waals surface area contributed by atoms with E-state index in [9.17, 15) is 9.59 Å². The number of hydrogen-bond acceptors (Lipinski definition) is 8. The summed E-state index contributed by atoms with van der Waals surface area (Å²) in [6.45, 7) is 10.4. The number of nitrogens with zero attached hydrogens (tertiary/aromatic N) is 2. The zero-order chi connectivity index (χ0) is 29.4. The maximum absolute atomic E-state index is 12.5. The van der Waals surface area contributed by atoms with Gasteiger partial charge in [0.1, 0.15) is 5.01 Å². The second-order valence-corrected chi connectivity index (χ2v) is 12.7. The lowest BCUT2D eigenvalue weighted by atomic mass is 10.1. The van der Waals surface area contributed by atoms with E-state index in [1.807, 2.05) is 62.5 Å². The fourth-order valence-electron chi connectivity index (χ4n) is 3.71. The van der Waals surface area contributed by atoms with Crippen LogP contribution in [0.2, 0.25) is 0 Å². The number of amides is 2. The van der Waals surface area contributed by atoms with Gasteiger partial charge in [0.05, 0.1) is 17.4 Å². The predicted octanol–water partition coefficient (Wildman–Crippen LogP) is 7.08. The number of carbonyl (C=O) groups is 2. The average Bonchev–Trinajstić information content (AvgIpc) is 3.41. The first-order valence-corrected chi connectivity index (χ1v) is 15.0. The molecule has 41 heavy (non-hydrogen) atoms. The van der Waals surface area contributed by atoms with E-state index in [4.69, 9.17) is 4.74 Å². The molecule has 0 saturated carbocycles. The number of ether oxygens (including phenoxy) is 1. The van der Waals surface area contributed by atoms with Crippen molar-refractivity contribution < 1.29 is 14.3 Å². The quantitative estimate of drug-likeness (QED) is 0.170. The van der Waals surface area contributed by atoms with Crippen LogP contribution in [0.4, 0.5) is 10.5 Å². The Labute approximate surface area is 249 Å². The maximum atomic E-state index is 12.5. The summed E-state index contributed by atoms with van der Waals surface area (Å²) in [4.78, 5) is 35.2. The van der Waals surface area contributed by atoms with Crippen molar-refractivity contribution in [1.29, 1.82) is 0 Å². The molecule has 0 aliphatic carbocycles. The standard InChI is InChI=1S/C31H35N5O3S2/c1-20(2)39-30(38)35-24-11-9-23(10-12-24)29-34-19-27(40-29)25-13-8-22(15-26(25)41-36-31(3,4)5)18-33-28(37)16-21-7-6-14-32-17-21/h6-15,17,19-20,36H,16,18H2,1-5H3,(H,33,37)(H,35,38). The minimum Gasteiger partial charge on any atom is -0.447 e. The van der Waals surface area contributed by atoms with Gasteiger partial charge in [-0.05, 0) is 94.1 Å². The van der Waals surface area contributed by atoms with Crippen LogP contribution in [0.15, 0.2) is 78.1 Å². The zero-order valence-electron chi connectivity index (χ0n) is 23.9. The Hall–Kier alpha value is -3.73. The van der Waals surface area contributed by atoms with E-state index >= 15 is 0 Å². The molecule has 2 amide bonds. The second-order valence-electron chi connectivity index (χ2n) is 10.8. The molecule has 4 aromatic rings. The molecule has 8 nitrogen and oxygen atoms in total. The number of aromatic nitrogens is 2. The molecule has 0 aliphatic heterocycles. The molecular formula is C31H35N5O3S2. The molecular weight excluding hydrogens is 555 g/mol. The monoisotopic (exact) mass is 589 g/mol. The summed E-state index contributed by atoms with van der Waals surface area (Å²) in [5, 5.41) is 6.63. The molecule has 0 saturated heterocycles. The molecule has 3 N–H and O–H groups in total. The van der Waals surface area contributed by atoms with Crippen molar-refractivity contribution in [3.8, 4) is 21.0 Å². The van der Waals surface area contributed by atoms with E-state index < -0.39 is 6.09 Å². The van der Waals surface area contributed by atoms with Gasteiger partial charge in [0.25, 0.3) is 0 Å². The largest absolute Gasteiger partial charge is 0.447 e. The molecule has 0 fully saturated rings. The first-order chi connectivity index (χ1) is 19.6. The highest BCUT2D eigenvalue weighted by Crippen LogP contribution is 2.38. The molecule has 0 atom stereocenters. The van der Waals surface area contributed by atoms with E-state index in [2.05, 4.69) is 58.2 Å². The van der Waals surface area contributed by atoms with E-state index in [1.165, 1.54) is 0 Å². The minimum atomic E-state index is -0.477. The Bertz CT molecular complexity index is 1470. The minimum absolute atomic E-state index is 0.0470. The number of nitrogens with one attached hydrogen (secondary N) is 3. The van der Waals surface area contributed by atoms with Crippen molar-refractivity contribution in [1.82, 2.24) is 20.0 Å². The number of anilines is 1. The Kier molecular flexibility index (Phi) is 10.1. The van der Waals surface area contributed by atoms with Crippen LogP contribution in [0.25, 0.3) is 21.0 Å². The van der Waals surface area contributed by atoms with Crippen LogP contribution in [0.1, 0.15) is 45.7 Å². The fraction of sp³-hybridized carbons (Fsp3) is 0.290. The topological polar surface area (TPSA) is 105 Å². The number of thiazole rings is 1. The summed E-state index contributed by atoms with van der Waals surface area (Å²) >= 11 is 3.17. The molecule has 0 aliphatic rings. The predicted molar refractivity (Wildman–Crippen MR) is 167 cm³/mol. The van der Waals surface area contributed by atoms with E-state index in [-0.39, 0.29) is 17.6 Å². The molecule has 214 valence electrons. The van der Waals surface area contributed by atoms with Gasteiger partial charge in [-0.25, -0.2) is 9.78 Å². The van der Waals surface area contributed by atoms with Crippen molar-refractivity contribution in [2.75, 3.05) is 5.32 Å². The molecule has 10 heteroatoms. The highest BCUT2D eigenvalue weighted by molar-refractivity contribution is 7.97. The maximum Gasteiger partial charge on any atom is 0.411 e. The van der Waals surface area contributed by atoms with Crippen LogP contribution in [0.3, 0.4) is 0 Å².